The van der Waals surface area contributed by atoms with Crippen LogP contribution in [0.3, 0.4) is 0 Å². The molecule has 1 aromatic rings. The zero-order valence-electron chi connectivity index (χ0n) is 11.8. The Morgan fingerprint density at radius 3 is 2.37 bits per heavy atom. The Morgan fingerprint density at radius 1 is 1.42 bits per heavy atom. The van der Waals surface area contributed by atoms with Crippen molar-refractivity contribution in [2.75, 3.05) is 6.54 Å². The first-order valence-electron chi connectivity index (χ1n) is 6.19. The van der Waals surface area contributed by atoms with E-state index in [-0.39, 0.29) is 18.5 Å². The Kier molecular flexibility index (Phi) is 4.72. The van der Waals surface area contributed by atoms with E-state index in [2.05, 4.69) is 0 Å². The molecule has 0 radical (unpaired) electrons. The van der Waals surface area contributed by atoms with Crippen LogP contribution in [0.2, 0.25) is 0 Å². The van der Waals surface area contributed by atoms with Gasteiger partial charge in [-0.2, -0.15) is 0 Å². The van der Waals surface area contributed by atoms with E-state index in [1.54, 1.807) is 23.4 Å². The van der Waals surface area contributed by atoms with Crippen LogP contribution < -0.4 is 5.73 Å². The summed E-state index contributed by atoms with van der Waals surface area (Å²) in [5, 5.41) is 9.46. The van der Waals surface area contributed by atoms with Gasteiger partial charge in [0, 0.05) is 25.8 Å². The van der Waals surface area contributed by atoms with Gasteiger partial charge in [-0.3, -0.25) is 9.59 Å². The van der Waals surface area contributed by atoms with Crippen LogP contribution in [-0.2, 0) is 7.05 Å². The van der Waals surface area contributed by atoms with Crippen molar-refractivity contribution in [3.63, 3.8) is 0 Å². The van der Waals surface area contributed by atoms with Gasteiger partial charge in [0.2, 0.25) is 5.91 Å². The zero-order chi connectivity index (χ0) is 14.7. The van der Waals surface area contributed by atoms with E-state index in [0.717, 1.165) is 0 Å². The number of nitrogens with zero attached hydrogens (tertiary/aromatic N) is 2. The molecule has 1 unspecified atom stereocenters. The number of nitrogens with two attached hydrogens (primary N) is 1. The third-order valence-electron chi connectivity index (χ3n) is 2.85. The number of aryl methyl sites for hydroxylation is 1. The van der Waals surface area contributed by atoms with Crippen LogP contribution in [0.25, 0.3) is 0 Å². The molecule has 106 valence electrons. The summed E-state index contributed by atoms with van der Waals surface area (Å²) < 4.78 is 1.57. The first kappa shape index (κ1) is 15.2. The molecule has 19 heavy (non-hydrogen) atoms. The summed E-state index contributed by atoms with van der Waals surface area (Å²) in [7, 11) is 1.68. The highest BCUT2D eigenvalue weighted by Crippen LogP contribution is 2.12. The highest BCUT2D eigenvalue weighted by molar-refractivity contribution is 5.98. The monoisotopic (exact) mass is 267 g/mol. The van der Waals surface area contributed by atoms with Crippen molar-refractivity contribution >= 4 is 11.8 Å². The number of aromatic nitrogens is 1. The van der Waals surface area contributed by atoms with Crippen LogP contribution in [0.5, 0.6) is 0 Å². The summed E-state index contributed by atoms with van der Waals surface area (Å²) >= 11 is 0. The lowest BCUT2D eigenvalue weighted by atomic mass is 10.2. The first-order valence-corrected chi connectivity index (χ1v) is 6.19. The van der Waals surface area contributed by atoms with E-state index in [9.17, 15) is 14.7 Å². The van der Waals surface area contributed by atoms with Crippen LogP contribution in [0, 0.1) is 0 Å². The van der Waals surface area contributed by atoms with E-state index in [4.69, 9.17) is 5.73 Å². The largest absolute Gasteiger partial charge is 0.392 e. The molecule has 2 amide bonds. The standard InChI is InChI=1S/C13H21N3O3/c1-8(2)16(6-9(3)17)13(19)11-5-10(12(14)18)7-15(11)4/h5,7-9,17H,6H2,1-4H3,(H2,14,18). The van der Waals surface area contributed by atoms with Gasteiger partial charge >= 0.3 is 0 Å². The van der Waals surface area contributed by atoms with Crippen LogP contribution >= 0.6 is 0 Å². The Balaban J connectivity index is 3.06. The predicted molar refractivity (Wildman–Crippen MR) is 71.8 cm³/mol. The molecule has 0 aromatic carbocycles. The number of rotatable bonds is 5. The molecule has 6 heteroatoms. The first-order chi connectivity index (χ1) is 8.73. The van der Waals surface area contributed by atoms with Crippen LogP contribution in [0.1, 0.15) is 41.6 Å². The van der Waals surface area contributed by atoms with Crippen molar-refractivity contribution in [3.8, 4) is 0 Å². The number of carbonyl (C=O) groups is 2. The number of aliphatic hydroxyl groups excluding tert-OH is 1. The number of hydrogen-bond acceptors (Lipinski definition) is 3. The van der Waals surface area contributed by atoms with Gasteiger partial charge in [0.15, 0.2) is 0 Å². The van der Waals surface area contributed by atoms with Crippen LogP contribution in [0.4, 0.5) is 0 Å². The molecule has 0 aliphatic rings. The molecule has 3 N–H and O–H groups in total. The van der Waals surface area contributed by atoms with Crippen molar-refractivity contribution in [3.05, 3.63) is 23.5 Å². The molecule has 0 bridgehead atoms. The molecule has 0 saturated heterocycles. The highest BCUT2D eigenvalue weighted by Gasteiger charge is 2.23. The van der Waals surface area contributed by atoms with Gasteiger partial charge in [-0.15, -0.1) is 0 Å². The normalized spacial score (nSPS) is 12.5. The van der Waals surface area contributed by atoms with Crippen LogP contribution in [-0.4, -0.2) is 45.1 Å². The summed E-state index contributed by atoms with van der Waals surface area (Å²) in [4.78, 5) is 25.1. The van der Waals surface area contributed by atoms with E-state index < -0.39 is 12.0 Å². The lowest BCUT2D eigenvalue weighted by Crippen LogP contribution is -2.42. The summed E-state index contributed by atoms with van der Waals surface area (Å²) in [6.45, 7) is 5.62. The minimum atomic E-state index is -0.609. The molecule has 0 saturated carbocycles. The molecular formula is C13H21N3O3. The maximum Gasteiger partial charge on any atom is 0.270 e. The fourth-order valence-electron chi connectivity index (χ4n) is 1.87. The van der Waals surface area contributed by atoms with Gasteiger partial charge in [0.1, 0.15) is 5.69 Å². The zero-order valence-corrected chi connectivity index (χ0v) is 11.8. The molecule has 1 atom stereocenters. The van der Waals surface area contributed by atoms with Crippen molar-refractivity contribution in [1.82, 2.24) is 9.47 Å². The van der Waals surface area contributed by atoms with E-state index in [1.165, 1.54) is 12.3 Å². The second-order valence-corrected chi connectivity index (χ2v) is 4.99. The lowest BCUT2D eigenvalue weighted by molar-refractivity contribution is 0.0569. The molecule has 0 aliphatic carbocycles. The minimum absolute atomic E-state index is 0.0472. The average Bonchev–Trinajstić information content (AvgIpc) is 2.67. The van der Waals surface area contributed by atoms with E-state index >= 15 is 0 Å². The summed E-state index contributed by atoms with van der Waals surface area (Å²) in [5.41, 5.74) is 5.87. The molecule has 1 heterocycles. The maximum absolute atomic E-state index is 12.4. The van der Waals surface area contributed by atoms with Gasteiger partial charge in [-0.05, 0) is 26.8 Å². The van der Waals surface area contributed by atoms with Gasteiger partial charge < -0.3 is 20.3 Å². The number of amides is 2. The Labute approximate surface area is 112 Å². The number of hydrogen-bond donors (Lipinski definition) is 2. The van der Waals surface area contributed by atoms with E-state index in [1.807, 2.05) is 13.8 Å². The molecule has 1 aromatic heterocycles. The number of aliphatic hydroxyl groups is 1. The third-order valence-corrected chi connectivity index (χ3v) is 2.85. The summed E-state index contributed by atoms with van der Waals surface area (Å²) in [6, 6.07) is 1.43. The van der Waals surface area contributed by atoms with Crippen molar-refractivity contribution in [2.45, 2.75) is 32.9 Å². The SMILES string of the molecule is CC(O)CN(C(=O)c1cc(C(N)=O)cn1C)C(C)C. The lowest BCUT2D eigenvalue weighted by Gasteiger charge is -2.28. The number of primary amides is 1. The quantitative estimate of drug-likeness (QED) is 0.807. The fourth-order valence-corrected chi connectivity index (χ4v) is 1.87. The number of carbonyl (C=O) groups excluding carboxylic acids is 2. The van der Waals surface area contributed by atoms with Gasteiger partial charge in [-0.25, -0.2) is 0 Å². The van der Waals surface area contributed by atoms with Crippen molar-refractivity contribution < 1.29 is 14.7 Å². The average molecular weight is 267 g/mol. The highest BCUT2D eigenvalue weighted by atomic mass is 16.3. The van der Waals surface area contributed by atoms with E-state index in [0.29, 0.717) is 11.3 Å². The maximum atomic E-state index is 12.4. The molecule has 0 spiro atoms. The summed E-state index contributed by atoms with van der Waals surface area (Å²) in [5.74, 6) is -0.799. The topological polar surface area (TPSA) is 88.6 Å². The second kappa shape index (κ2) is 5.88. The Bertz CT molecular complexity index is 477. The fraction of sp³-hybridized carbons (Fsp3) is 0.538. The van der Waals surface area contributed by atoms with Gasteiger partial charge in [0.05, 0.1) is 11.7 Å². The Hall–Kier alpha value is -1.82. The Morgan fingerprint density at radius 2 is 2.00 bits per heavy atom. The van der Waals surface area contributed by atoms with Gasteiger partial charge in [0.25, 0.3) is 5.91 Å². The summed E-state index contributed by atoms with van der Waals surface area (Å²) in [6.07, 6.45) is 0.915. The van der Waals surface area contributed by atoms with Gasteiger partial charge in [-0.1, -0.05) is 0 Å². The predicted octanol–water partition coefficient (Wildman–Crippen LogP) is 0.355. The molecule has 0 fully saturated rings. The minimum Gasteiger partial charge on any atom is -0.392 e. The molecular weight excluding hydrogens is 246 g/mol. The smallest absolute Gasteiger partial charge is 0.270 e. The van der Waals surface area contributed by atoms with Crippen molar-refractivity contribution in [1.29, 1.82) is 0 Å². The molecule has 6 nitrogen and oxygen atoms in total. The molecule has 1 rings (SSSR count). The molecule has 0 aliphatic heterocycles. The van der Waals surface area contributed by atoms with Crippen molar-refractivity contribution in [2.24, 2.45) is 12.8 Å². The second-order valence-electron chi connectivity index (χ2n) is 4.99. The van der Waals surface area contributed by atoms with Crippen LogP contribution in [0.15, 0.2) is 12.3 Å². The third kappa shape index (κ3) is 3.57.